The van der Waals surface area contributed by atoms with Crippen LogP contribution in [-0.4, -0.2) is 24.0 Å². The van der Waals surface area contributed by atoms with Crippen LogP contribution in [0.5, 0.6) is 0 Å². The molecule has 70 valence electrons. The summed E-state index contributed by atoms with van der Waals surface area (Å²) in [7, 11) is 0. The largest absolute Gasteiger partial charge is 0.300 e. The molecule has 0 radical (unpaired) electrons. The van der Waals surface area contributed by atoms with E-state index in [9.17, 15) is 0 Å². The van der Waals surface area contributed by atoms with Crippen LogP contribution in [0.4, 0.5) is 0 Å². The van der Waals surface area contributed by atoms with Crippen LogP contribution >= 0.6 is 0 Å². The van der Waals surface area contributed by atoms with E-state index < -0.39 is 0 Å². The predicted octanol–water partition coefficient (Wildman–Crippen LogP) is 2.52. The molecule has 1 nitrogen and oxygen atoms in total. The summed E-state index contributed by atoms with van der Waals surface area (Å²) in [6, 6.07) is 0.949. The number of fused-ring (bicyclic) bond motifs is 1. The Kier molecular flexibility index (Phi) is 2.40. The molecule has 12 heavy (non-hydrogen) atoms. The molecular weight excluding hydrogens is 146 g/mol. The standard InChI is InChI=1S/C11H21N/c1-9-6-10(2)8-12-5-3-4-11(12)7-9/h9-11H,3-8H2,1-2H3. The topological polar surface area (TPSA) is 3.24 Å². The number of rotatable bonds is 0. The summed E-state index contributed by atoms with van der Waals surface area (Å²) in [6.07, 6.45) is 5.83. The van der Waals surface area contributed by atoms with Crippen molar-refractivity contribution >= 4 is 0 Å². The van der Waals surface area contributed by atoms with Gasteiger partial charge in [0.05, 0.1) is 0 Å². The molecule has 2 aliphatic heterocycles. The summed E-state index contributed by atoms with van der Waals surface area (Å²) in [5.41, 5.74) is 0. The molecular formula is C11H21N. The van der Waals surface area contributed by atoms with E-state index >= 15 is 0 Å². The highest BCUT2D eigenvalue weighted by Crippen LogP contribution is 2.31. The maximum absolute atomic E-state index is 2.73. The Morgan fingerprint density at radius 1 is 1.08 bits per heavy atom. The van der Waals surface area contributed by atoms with Crippen molar-refractivity contribution in [2.24, 2.45) is 11.8 Å². The Labute approximate surface area is 76.1 Å². The van der Waals surface area contributed by atoms with Crippen LogP contribution in [0.25, 0.3) is 0 Å². The number of hydrogen-bond donors (Lipinski definition) is 0. The van der Waals surface area contributed by atoms with Gasteiger partial charge in [0.2, 0.25) is 0 Å². The zero-order chi connectivity index (χ0) is 8.55. The fourth-order valence-corrected chi connectivity index (χ4v) is 3.12. The van der Waals surface area contributed by atoms with E-state index in [-0.39, 0.29) is 0 Å². The Balaban J connectivity index is 2.02. The van der Waals surface area contributed by atoms with Crippen molar-refractivity contribution in [2.75, 3.05) is 13.1 Å². The molecule has 2 heterocycles. The van der Waals surface area contributed by atoms with E-state index in [1.54, 1.807) is 0 Å². The molecule has 0 aromatic carbocycles. The van der Waals surface area contributed by atoms with Gasteiger partial charge >= 0.3 is 0 Å². The zero-order valence-corrected chi connectivity index (χ0v) is 8.42. The maximum atomic E-state index is 2.73. The maximum Gasteiger partial charge on any atom is 0.00983 e. The van der Waals surface area contributed by atoms with Crippen molar-refractivity contribution in [3.05, 3.63) is 0 Å². The Bertz CT molecular complexity index is 139. The second kappa shape index (κ2) is 3.37. The van der Waals surface area contributed by atoms with Crippen LogP contribution in [0.1, 0.15) is 39.5 Å². The summed E-state index contributed by atoms with van der Waals surface area (Å²) >= 11 is 0. The van der Waals surface area contributed by atoms with Gasteiger partial charge in [-0.25, -0.2) is 0 Å². The monoisotopic (exact) mass is 167 g/mol. The van der Waals surface area contributed by atoms with Gasteiger partial charge in [-0.05, 0) is 44.1 Å². The van der Waals surface area contributed by atoms with Gasteiger partial charge in [-0.1, -0.05) is 13.8 Å². The first kappa shape index (κ1) is 8.55. The van der Waals surface area contributed by atoms with Crippen molar-refractivity contribution in [1.82, 2.24) is 4.90 Å². The molecule has 0 saturated carbocycles. The molecule has 0 N–H and O–H groups in total. The third kappa shape index (κ3) is 1.66. The molecule has 0 aromatic heterocycles. The Hall–Kier alpha value is -0.0400. The summed E-state index contributed by atoms with van der Waals surface area (Å²) < 4.78 is 0. The summed E-state index contributed by atoms with van der Waals surface area (Å²) in [5, 5.41) is 0. The van der Waals surface area contributed by atoms with Gasteiger partial charge in [0.15, 0.2) is 0 Å². The molecule has 2 aliphatic rings. The quantitative estimate of drug-likeness (QED) is 0.536. The summed E-state index contributed by atoms with van der Waals surface area (Å²) in [4.78, 5) is 2.73. The molecule has 0 aliphatic carbocycles. The smallest absolute Gasteiger partial charge is 0.00983 e. The molecule has 1 heteroatoms. The molecule has 3 atom stereocenters. The van der Waals surface area contributed by atoms with Gasteiger partial charge in [-0.15, -0.1) is 0 Å². The Morgan fingerprint density at radius 2 is 1.92 bits per heavy atom. The minimum atomic E-state index is 0.933. The fraction of sp³-hybridized carbons (Fsp3) is 1.00. The van der Waals surface area contributed by atoms with Gasteiger partial charge in [-0.3, -0.25) is 0 Å². The van der Waals surface area contributed by atoms with Crippen LogP contribution in [0, 0.1) is 11.8 Å². The van der Waals surface area contributed by atoms with E-state index in [1.165, 1.54) is 38.8 Å². The predicted molar refractivity (Wildman–Crippen MR) is 52.2 cm³/mol. The van der Waals surface area contributed by atoms with Crippen molar-refractivity contribution in [1.29, 1.82) is 0 Å². The molecule has 2 saturated heterocycles. The van der Waals surface area contributed by atoms with Crippen LogP contribution < -0.4 is 0 Å². The van der Waals surface area contributed by atoms with Crippen molar-refractivity contribution < 1.29 is 0 Å². The molecule has 0 spiro atoms. The van der Waals surface area contributed by atoms with Crippen LogP contribution in [0.2, 0.25) is 0 Å². The van der Waals surface area contributed by atoms with Gasteiger partial charge in [0, 0.05) is 12.6 Å². The van der Waals surface area contributed by atoms with E-state index in [4.69, 9.17) is 0 Å². The highest BCUT2D eigenvalue weighted by atomic mass is 15.2. The molecule has 0 aromatic rings. The molecule has 2 rings (SSSR count). The first-order valence-corrected chi connectivity index (χ1v) is 5.49. The lowest BCUT2D eigenvalue weighted by atomic mass is 9.94. The van der Waals surface area contributed by atoms with Gasteiger partial charge in [0.1, 0.15) is 0 Å². The summed E-state index contributed by atoms with van der Waals surface area (Å²) in [5.74, 6) is 1.90. The van der Waals surface area contributed by atoms with Crippen molar-refractivity contribution in [3.63, 3.8) is 0 Å². The van der Waals surface area contributed by atoms with Crippen LogP contribution in [0.3, 0.4) is 0 Å². The van der Waals surface area contributed by atoms with Crippen LogP contribution in [0.15, 0.2) is 0 Å². The van der Waals surface area contributed by atoms with E-state index in [1.807, 2.05) is 0 Å². The SMILES string of the molecule is CC1CC(C)CN2CCCC2C1. The molecule has 0 bridgehead atoms. The van der Waals surface area contributed by atoms with Gasteiger partial charge in [-0.2, -0.15) is 0 Å². The third-order valence-corrected chi connectivity index (χ3v) is 3.52. The van der Waals surface area contributed by atoms with Crippen LogP contribution in [-0.2, 0) is 0 Å². The first-order valence-electron chi connectivity index (χ1n) is 5.49. The molecule has 3 unspecified atom stereocenters. The lowest BCUT2D eigenvalue weighted by Gasteiger charge is -2.22. The average Bonchev–Trinajstić information content (AvgIpc) is 2.31. The first-order chi connectivity index (χ1) is 5.75. The fourth-order valence-electron chi connectivity index (χ4n) is 3.12. The van der Waals surface area contributed by atoms with Gasteiger partial charge in [0.25, 0.3) is 0 Å². The second-order valence-electron chi connectivity index (χ2n) is 4.97. The number of nitrogens with zero attached hydrogens (tertiary/aromatic N) is 1. The van der Waals surface area contributed by atoms with Crippen molar-refractivity contribution in [2.45, 2.75) is 45.6 Å². The van der Waals surface area contributed by atoms with Gasteiger partial charge < -0.3 is 4.90 Å². The lowest BCUT2D eigenvalue weighted by Crippen LogP contribution is -2.30. The van der Waals surface area contributed by atoms with E-state index in [0.717, 1.165) is 17.9 Å². The normalized spacial score (nSPS) is 44.0. The van der Waals surface area contributed by atoms with E-state index in [0.29, 0.717) is 0 Å². The highest BCUT2D eigenvalue weighted by Gasteiger charge is 2.30. The second-order valence-corrected chi connectivity index (χ2v) is 4.97. The molecule has 2 fully saturated rings. The average molecular weight is 167 g/mol. The lowest BCUT2D eigenvalue weighted by molar-refractivity contribution is 0.235. The highest BCUT2D eigenvalue weighted by molar-refractivity contribution is 4.85. The molecule has 0 amide bonds. The van der Waals surface area contributed by atoms with Crippen molar-refractivity contribution in [3.8, 4) is 0 Å². The summed E-state index contributed by atoms with van der Waals surface area (Å²) in [6.45, 7) is 7.59. The zero-order valence-electron chi connectivity index (χ0n) is 8.42. The Morgan fingerprint density at radius 3 is 2.75 bits per heavy atom. The number of hydrogen-bond acceptors (Lipinski definition) is 1. The minimum Gasteiger partial charge on any atom is -0.300 e. The van der Waals surface area contributed by atoms with E-state index in [2.05, 4.69) is 18.7 Å². The minimum absolute atomic E-state index is 0.933. The third-order valence-electron chi connectivity index (χ3n) is 3.52.